The zero-order valence-corrected chi connectivity index (χ0v) is 50.5. The minimum absolute atomic E-state index is 0.00536. The molecule has 0 radical (unpaired) electrons. The van der Waals surface area contributed by atoms with Gasteiger partial charge < -0.3 is 83.1 Å². The molecule has 2 amide bonds. The van der Waals surface area contributed by atoms with E-state index in [-0.39, 0.29) is 50.6 Å². The van der Waals surface area contributed by atoms with E-state index in [1.165, 1.54) is 50.5 Å². The van der Waals surface area contributed by atoms with Gasteiger partial charge >= 0.3 is 11.9 Å². The van der Waals surface area contributed by atoms with Gasteiger partial charge in [0.1, 0.15) is 18.4 Å². The van der Waals surface area contributed by atoms with Gasteiger partial charge in [-0.05, 0) is 49.3 Å². The third-order valence-corrected chi connectivity index (χ3v) is 12.7. The molecule has 480 valence electrons. The van der Waals surface area contributed by atoms with E-state index >= 15 is 0 Å². The fourth-order valence-electron chi connectivity index (χ4n) is 8.24. The molecule has 23 nitrogen and oxygen atoms in total. The number of ether oxygens (including phenoxy) is 12. The van der Waals surface area contributed by atoms with Gasteiger partial charge in [-0.2, -0.15) is 0 Å². The Kier molecular flexibility index (Phi) is 50.2. The van der Waals surface area contributed by atoms with Gasteiger partial charge in [-0.1, -0.05) is 103 Å². The number of hydrogen-bond donors (Lipinski definition) is 6. The number of benzene rings is 1. The van der Waals surface area contributed by atoms with Gasteiger partial charge in [-0.25, -0.2) is 4.79 Å². The number of carbonyl (C=O) groups excluding carboxylic acids is 2. The van der Waals surface area contributed by atoms with E-state index in [9.17, 15) is 24.3 Å². The van der Waals surface area contributed by atoms with Crippen LogP contribution in [0.4, 0.5) is 0 Å². The predicted octanol–water partition coefficient (Wildman–Crippen LogP) is 6.40. The maximum atomic E-state index is 12.4. The van der Waals surface area contributed by atoms with Crippen LogP contribution in [0.25, 0.3) is 0 Å². The molecule has 1 heterocycles. The van der Waals surface area contributed by atoms with Gasteiger partial charge in [0.25, 0.3) is 0 Å². The molecule has 1 aliphatic heterocycles. The molecule has 1 aromatic carbocycles. The van der Waals surface area contributed by atoms with Crippen LogP contribution >= 0.6 is 0 Å². The van der Waals surface area contributed by atoms with Crippen molar-refractivity contribution < 1.29 is 86.2 Å². The number of carbonyl (C=O) groups is 4. The second-order valence-electron chi connectivity index (χ2n) is 20.5. The van der Waals surface area contributed by atoms with Crippen LogP contribution in [0.2, 0.25) is 0 Å². The summed E-state index contributed by atoms with van der Waals surface area (Å²) in [6.45, 7) is 15.8. The van der Waals surface area contributed by atoms with E-state index in [4.69, 9.17) is 61.9 Å². The summed E-state index contributed by atoms with van der Waals surface area (Å²) in [5.74, 6) is -1.01. The highest BCUT2D eigenvalue weighted by atomic mass is 16.6. The smallest absolute Gasteiger partial charge is 0.326 e. The van der Waals surface area contributed by atoms with Crippen LogP contribution in [-0.4, -0.2) is 210 Å². The highest BCUT2D eigenvalue weighted by Gasteiger charge is 2.21. The molecule has 1 atom stereocenters. The maximum Gasteiger partial charge on any atom is 0.326 e. The molecule has 83 heavy (non-hydrogen) atoms. The summed E-state index contributed by atoms with van der Waals surface area (Å²) in [5.41, 5.74) is 8.48. The van der Waals surface area contributed by atoms with Crippen molar-refractivity contribution in [1.82, 2.24) is 26.6 Å². The van der Waals surface area contributed by atoms with Gasteiger partial charge in [-0.15, -0.1) is 5.53 Å². The lowest BCUT2D eigenvalue weighted by molar-refractivity contribution is -0.142. The standard InChI is InChI=1S/C60H107N5O18/c1-52(2)49-53-19-21-55(22-20-53)83-51-54-50-65(64-63-54)26-28-73-30-32-75-34-36-77-38-40-79-42-44-81-46-48-82-47-45-80-43-41-78-39-37-76-35-33-74-31-29-72-27-25-61-57(66)24-23-56(60(70)71)62-58(67)17-15-13-11-9-7-5-3-4-6-8-10-12-14-16-18-59(68)69/h19-22,50,52,56,63-64H,3-18,23-49,51H2,1-2H3,(H,61,66)(H,62,67)(H,68,69)(H,70,71)/t56-/m0/s1. The van der Waals surface area contributed by atoms with Gasteiger partial charge in [0, 0.05) is 32.0 Å². The Hall–Kier alpha value is -4.24. The molecule has 2 rings (SSSR count). The van der Waals surface area contributed by atoms with E-state index < -0.39 is 18.0 Å². The van der Waals surface area contributed by atoms with Crippen molar-refractivity contribution >= 4 is 23.8 Å². The Morgan fingerprint density at radius 1 is 0.482 bits per heavy atom. The van der Waals surface area contributed by atoms with E-state index in [1.807, 2.05) is 23.3 Å². The molecule has 0 bridgehead atoms. The van der Waals surface area contributed by atoms with Crippen LogP contribution in [0.5, 0.6) is 5.75 Å². The Labute approximate surface area is 495 Å². The summed E-state index contributed by atoms with van der Waals surface area (Å²) in [5, 5.41) is 25.4. The first-order valence-electron chi connectivity index (χ1n) is 30.7. The zero-order valence-electron chi connectivity index (χ0n) is 50.5. The average molecular weight is 1190 g/mol. The number of aliphatic carboxylic acids is 2. The van der Waals surface area contributed by atoms with Crippen LogP contribution in [-0.2, 0) is 77.7 Å². The number of hydrogen-bond acceptors (Lipinski definition) is 19. The summed E-state index contributed by atoms with van der Waals surface area (Å²) in [4.78, 5) is 46.9. The fraction of sp³-hybridized carbons (Fsp3) is 0.800. The van der Waals surface area contributed by atoms with E-state index in [2.05, 4.69) is 47.6 Å². The summed E-state index contributed by atoms with van der Waals surface area (Å²) >= 11 is 0. The molecule has 0 fully saturated rings. The van der Waals surface area contributed by atoms with Crippen molar-refractivity contribution in [2.75, 3.05) is 165 Å². The van der Waals surface area contributed by atoms with Crippen LogP contribution in [0.3, 0.4) is 0 Å². The minimum Gasteiger partial charge on any atom is -0.487 e. The molecule has 0 saturated heterocycles. The molecule has 23 heteroatoms. The number of carboxylic acids is 2. The summed E-state index contributed by atoms with van der Waals surface area (Å²) in [7, 11) is 0. The van der Waals surface area contributed by atoms with Crippen LogP contribution in [0, 0.1) is 5.92 Å². The lowest BCUT2D eigenvalue weighted by Gasteiger charge is -2.15. The largest absolute Gasteiger partial charge is 0.487 e. The third kappa shape index (κ3) is 49.7. The topological polar surface area (TPSA) is 271 Å². The second-order valence-corrected chi connectivity index (χ2v) is 20.5. The Morgan fingerprint density at radius 3 is 1.27 bits per heavy atom. The van der Waals surface area contributed by atoms with Crippen molar-refractivity contribution in [2.24, 2.45) is 5.92 Å². The number of hydrazine groups is 2. The summed E-state index contributed by atoms with van der Waals surface area (Å²) < 4.78 is 66.9. The first-order valence-corrected chi connectivity index (χ1v) is 30.7. The van der Waals surface area contributed by atoms with Gasteiger partial charge in [0.15, 0.2) is 0 Å². The number of nitrogens with one attached hydrogen (secondary N) is 4. The number of unbranched alkanes of at least 4 members (excludes halogenated alkanes) is 13. The SMILES string of the molecule is CC(C)Cc1ccc(OCC2=CN(CCOCCOCCOCCOCCOCCOCCOCCOCCOCCOCCOCCNC(=O)CC[C@H](NC(=O)CCCCCCCCCCCCCCCCC(=O)O)C(=O)O)NN2)cc1. The number of amides is 2. The number of rotatable bonds is 63. The minimum atomic E-state index is -1.16. The third-order valence-electron chi connectivity index (χ3n) is 12.7. The zero-order chi connectivity index (χ0) is 59.7. The van der Waals surface area contributed by atoms with Crippen molar-refractivity contribution in [1.29, 1.82) is 0 Å². The van der Waals surface area contributed by atoms with Gasteiger partial charge in [0.2, 0.25) is 11.8 Å². The molecule has 0 saturated carbocycles. The monoisotopic (exact) mass is 1190 g/mol. The number of nitrogens with zero attached hydrogens (tertiary/aromatic N) is 1. The predicted molar refractivity (Wildman–Crippen MR) is 314 cm³/mol. The molecule has 0 aromatic heterocycles. The van der Waals surface area contributed by atoms with E-state index in [1.54, 1.807) is 0 Å². The molecule has 0 aliphatic carbocycles. The van der Waals surface area contributed by atoms with Crippen LogP contribution in [0.1, 0.15) is 135 Å². The van der Waals surface area contributed by atoms with Crippen LogP contribution in [0.15, 0.2) is 36.2 Å². The average Bonchev–Trinajstić information content (AvgIpc) is 3.94. The maximum absolute atomic E-state index is 12.4. The summed E-state index contributed by atoms with van der Waals surface area (Å²) in [6, 6.07) is 7.17. The summed E-state index contributed by atoms with van der Waals surface area (Å²) in [6.07, 6.45) is 18.7. The molecule has 6 N–H and O–H groups in total. The van der Waals surface area contributed by atoms with Crippen molar-refractivity contribution in [2.45, 2.75) is 142 Å². The van der Waals surface area contributed by atoms with Crippen molar-refractivity contribution in [3.63, 3.8) is 0 Å². The normalized spacial score (nSPS) is 12.7. The molecular weight excluding hydrogens is 1080 g/mol. The first-order chi connectivity index (χ1) is 40.6. The van der Waals surface area contributed by atoms with Crippen LogP contribution < -0.4 is 26.3 Å². The Balaban J connectivity index is 1.20. The second kappa shape index (κ2) is 55.6. The van der Waals surface area contributed by atoms with E-state index in [0.29, 0.717) is 164 Å². The molecule has 1 aliphatic rings. The highest BCUT2D eigenvalue weighted by molar-refractivity contribution is 5.84. The van der Waals surface area contributed by atoms with Gasteiger partial charge in [-0.3, -0.25) is 19.4 Å². The molecule has 1 aromatic rings. The fourth-order valence-corrected chi connectivity index (χ4v) is 8.24. The van der Waals surface area contributed by atoms with Crippen molar-refractivity contribution in [3.8, 4) is 5.75 Å². The number of carboxylic acid groups (broad SMARTS) is 2. The quantitative estimate of drug-likeness (QED) is 0.0385. The molecule has 0 unspecified atom stereocenters. The van der Waals surface area contributed by atoms with E-state index in [0.717, 1.165) is 56.4 Å². The molecular formula is C60H107N5O18. The van der Waals surface area contributed by atoms with Crippen molar-refractivity contribution in [3.05, 3.63) is 41.7 Å². The van der Waals surface area contributed by atoms with Gasteiger partial charge in [0.05, 0.1) is 158 Å². The lowest BCUT2D eigenvalue weighted by Crippen LogP contribution is -2.41. The Bertz CT molecular complexity index is 1730. The first kappa shape index (κ1) is 74.9. The lowest BCUT2D eigenvalue weighted by atomic mass is 10.0. The Morgan fingerprint density at radius 2 is 0.867 bits per heavy atom. The highest BCUT2D eigenvalue weighted by Crippen LogP contribution is 2.17. The molecule has 0 spiro atoms.